The molecular formula is C24H22F4IN5O4S. The molecule has 5 N–H and O–H groups in total. The van der Waals surface area contributed by atoms with E-state index in [1.807, 2.05) is 27.3 Å². The van der Waals surface area contributed by atoms with Crippen molar-refractivity contribution in [1.82, 2.24) is 9.71 Å². The van der Waals surface area contributed by atoms with Gasteiger partial charge in [-0.15, -0.1) is 0 Å². The predicted octanol–water partition coefficient (Wildman–Crippen LogP) is 4.10. The summed E-state index contributed by atoms with van der Waals surface area (Å²) in [5.41, 5.74) is 3.26. The maximum absolute atomic E-state index is 15.2. The van der Waals surface area contributed by atoms with Crippen LogP contribution in [-0.4, -0.2) is 38.6 Å². The van der Waals surface area contributed by atoms with Gasteiger partial charge in [0.25, 0.3) is 5.91 Å². The number of ether oxygens (including phenoxy) is 1. The van der Waals surface area contributed by atoms with Gasteiger partial charge in [0.2, 0.25) is 0 Å². The number of hydrogen-bond acceptors (Lipinski definition) is 6. The first-order chi connectivity index (χ1) is 18.4. The van der Waals surface area contributed by atoms with E-state index in [0.717, 1.165) is 24.4 Å². The van der Waals surface area contributed by atoms with Gasteiger partial charge in [-0.3, -0.25) is 9.52 Å². The van der Waals surface area contributed by atoms with Crippen molar-refractivity contribution in [1.29, 1.82) is 0 Å². The maximum atomic E-state index is 15.2. The predicted molar refractivity (Wildman–Crippen MR) is 144 cm³/mol. The molecule has 2 aromatic carbocycles. The Bertz CT molecular complexity index is 1520. The summed E-state index contributed by atoms with van der Waals surface area (Å²) in [6, 6.07) is 5.59. The number of anilines is 3. The van der Waals surface area contributed by atoms with E-state index in [1.54, 1.807) is 0 Å². The molecule has 4 rings (SSSR count). The van der Waals surface area contributed by atoms with Crippen molar-refractivity contribution < 1.29 is 35.5 Å². The largest absolute Gasteiger partial charge is 0.381 e. The van der Waals surface area contributed by atoms with Gasteiger partial charge in [0.1, 0.15) is 5.82 Å². The summed E-state index contributed by atoms with van der Waals surface area (Å²) in [5.74, 6) is -6.68. The topological polar surface area (TPSA) is 135 Å². The SMILES string of the molecule is NC(=O)c1cc(Cc2ccnc(NS(=O)(=O)NC3CCOCC3)c2F)c(F)c(F)c1Nc1ccc(I)cc1F. The Balaban J connectivity index is 1.62. The number of amides is 1. The van der Waals surface area contributed by atoms with E-state index in [9.17, 15) is 17.6 Å². The van der Waals surface area contributed by atoms with Crippen LogP contribution in [0.25, 0.3) is 0 Å². The van der Waals surface area contributed by atoms with Crippen LogP contribution in [0.3, 0.4) is 0 Å². The molecule has 0 bridgehead atoms. The number of carbonyl (C=O) groups excluding carboxylic acids is 1. The lowest BCUT2D eigenvalue weighted by Gasteiger charge is -2.23. The van der Waals surface area contributed by atoms with E-state index in [-0.39, 0.29) is 11.3 Å². The molecule has 9 nitrogen and oxygen atoms in total. The van der Waals surface area contributed by atoms with Gasteiger partial charge in [-0.2, -0.15) is 13.1 Å². The van der Waals surface area contributed by atoms with Crippen molar-refractivity contribution in [3.8, 4) is 0 Å². The first kappa shape index (κ1) is 29.0. The number of primary amides is 1. The lowest BCUT2D eigenvalue weighted by Crippen LogP contribution is -2.42. The third-order valence-corrected chi connectivity index (χ3v) is 7.64. The number of benzene rings is 2. The van der Waals surface area contributed by atoms with Crippen LogP contribution in [0.5, 0.6) is 0 Å². The van der Waals surface area contributed by atoms with Crippen molar-refractivity contribution in [2.45, 2.75) is 25.3 Å². The summed E-state index contributed by atoms with van der Waals surface area (Å²) in [7, 11) is -4.21. The van der Waals surface area contributed by atoms with Crippen molar-refractivity contribution in [3.05, 3.63) is 80.1 Å². The lowest BCUT2D eigenvalue weighted by molar-refractivity contribution is 0.0832. The zero-order valence-electron chi connectivity index (χ0n) is 20.0. The number of nitrogens with one attached hydrogen (secondary N) is 3. The summed E-state index contributed by atoms with van der Waals surface area (Å²) in [6.45, 7) is 0.747. The van der Waals surface area contributed by atoms with Crippen LogP contribution in [0.15, 0.2) is 36.5 Å². The normalized spacial score (nSPS) is 14.3. The number of pyridine rings is 1. The molecule has 0 spiro atoms. The average molecular weight is 679 g/mol. The fourth-order valence-electron chi connectivity index (χ4n) is 3.94. The summed E-state index contributed by atoms with van der Waals surface area (Å²) in [4.78, 5) is 15.8. The number of halogens is 5. The molecule has 0 atom stereocenters. The Morgan fingerprint density at radius 3 is 2.44 bits per heavy atom. The van der Waals surface area contributed by atoms with Gasteiger partial charge in [-0.25, -0.2) is 22.5 Å². The summed E-state index contributed by atoms with van der Waals surface area (Å²) >= 11 is 1.86. The molecule has 1 fully saturated rings. The van der Waals surface area contributed by atoms with Gasteiger partial charge in [0.05, 0.1) is 16.9 Å². The van der Waals surface area contributed by atoms with Crippen molar-refractivity contribution in [2.24, 2.45) is 5.73 Å². The lowest BCUT2D eigenvalue weighted by atomic mass is 10.00. The van der Waals surface area contributed by atoms with Gasteiger partial charge in [-0.1, -0.05) is 0 Å². The van der Waals surface area contributed by atoms with Crippen LogP contribution in [0, 0.1) is 26.8 Å². The molecule has 208 valence electrons. The highest BCUT2D eigenvalue weighted by Gasteiger charge is 2.25. The van der Waals surface area contributed by atoms with Crippen LogP contribution < -0.4 is 20.5 Å². The van der Waals surface area contributed by atoms with E-state index in [2.05, 4.69) is 15.0 Å². The Hall–Kier alpha value is -3.02. The van der Waals surface area contributed by atoms with Crippen molar-refractivity contribution in [2.75, 3.05) is 23.3 Å². The van der Waals surface area contributed by atoms with E-state index in [0.29, 0.717) is 29.6 Å². The molecule has 0 unspecified atom stereocenters. The van der Waals surface area contributed by atoms with Gasteiger partial charge in [-0.05, 0) is 76.9 Å². The fourth-order valence-corrected chi connectivity index (χ4v) is 5.52. The summed E-state index contributed by atoms with van der Waals surface area (Å²) in [6.07, 6.45) is 1.37. The molecule has 15 heteroatoms. The molecule has 1 amide bonds. The number of carbonyl (C=O) groups is 1. The molecule has 1 aromatic heterocycles. The van der Waals surface area contributed by atoms with E-state index in [1.165, 1.54) is 12.1 Å². The second-order valence-electron chi connectivity index (χ2n) is 8.62. The Morgan fingerprint density at radius 2 is 1.77 bits per heavy atom. The van der Waals surface area contributed by atoms with Crippen molar-refractivity contribution >= 4 is 55.9 Å². The van der Waals surface area contributed by atoms with Crippen LogP contribution in [0.4, 0.5) is 34.8 Å². The molecular weight excluding hydrogens is 657 g/mol. The number of hydrogen-bond donors (Lipinski definition) is 4. The minimum absolute atomic E-state index is 0.226. The van der Waals surface area contributed by atoms with Crippen LogP contribution in [0.1, 0.15) is 34.3 Å². The fraction of sp³-hybridized carbons (Fsp3) is 0.250. The Morgan fingerprint density at radius 1 is 1.05 bits per heavy atom. The Kier molecular flexibility index (Phi) is 8.93. The third kappa shape index (κ3) is 6.95. The molecule has 1 aliphatic rings. The van der Waals surface area contributed by atoms with Crippen LogP contribution in [-0.2, 0) is 21.4 Å². The summed E-state index contributed by atoms with van der Waals surface area (Å²) < 4.78 is 94.8. The van der Waals surface area contributed by atoms with Gasteiger partial charge >= 0.3 is 10.2 Å². The molecule has 0 aliphatic carbocycles. The van der Waals surface area contributed by atoms with Gasteiger partial charge in [0, 0.05) is 35.4 Å². The van der Waals surface area contributed by atoms with Crippen LogP contribution in [0.2, 0.25) is 0 Å². The highest BCUT2D eigenvalue weighted by molar-refractivity contribution is 14.1. The number of aromatic nitrogens is 1. The zero-order chi connectivity index (χ0) is 28.3. The number of rotatable bonds is 9. The van der Waals surface area contributed by atoms with Gasteiger partial charge < -0.3 is 15.8 Å². The maximum Gasteiger partial charge on any atom is 0.300 e. The highest BCUT2D eigenvalue weighted by atomic mass is 127. The number of nitrogens with zero attached hydrogens (tertiary/aromatic N) is 1. The first-order valence-electron chi connectivity index (χ1n) is 11.5. The molecule has 1 aliphatic heterocycles. The number of nitrogens with two attached hydrogens (primary N) is 1. The van der Waals surface area contributed by atoms with Crippen molar-refractivity contribution in [3.63, 3.8) is 0 Å². The Labute approximate surface area is 234 Å². The molecule has 0 radical (unpaired) electrons. The minimum atomic E-state index is -4.21. The highest BCUT2D eigenvalue weighted by Crippen LogP contribution is 2.32. The molecule has 2 heterocycles. The monoisotopic (exact) mass is 679 g/mol. The van der Waals surface area contributed by atoms with E-state index < -0.39 is 74.5 Å². The third-order valence-electron chi connectivity index (χ3n) is 5.86. The quantitative estimate of drug-likeness (QED) is 0.199. The molecule has 0 saturated carbocycles. The minimum Gasteiger partial charge on any atom is -0.381 e. The molecule has 3 aromatic rings. The zero-order valence-corrected chi connectivity index (χ0v) is 23.0. The first-order valence-corrected chi connectivity index (χ1v) is 14.1. The van der Waals surface area contributed by atoms with E-state index in [4.69, 9.17) is 10.5 Å². The van der Waals surface area contributed by atoms with Gasteiger partial charge in [0.15, 0.2) is 23.3 Å². The average Bonchev–Trinajstić information content (AvgIpc) is 2.87. The van der Waals surface area contributed by atoms with E-state index >= 15 is 13.2 Å². The second-order valence-corrected chi connectivity index (χ2v) is 11.3. The smallest absolute Gasteiger partial charge is 0.300 e. The molecule has 1 saturated heterocycles. The summed E-state index contributed by atoms with van der Waals surface area (Å²) in [5, 5.41) is 2.36. The van der Waals surface area contributed by atoms with Crippen LogP contribution >= 0.6 is 22.6 Å². The standard InChI is InChI=1S/C24H22F4IN5O4S/c25-17-11-14(29)1-2-18(17)32-22-16(23(30)35)10-13(19(26)21(22)28)9-12-3-6-31-24(20(12)27)34-39(36,37)33-15-4-7-38-8-5-15/h1-3,6,10-11,15,32-33H,4-5,7-9H2,(H2,30,35)(H,31,34). The second kappa shape index (κ2) is 12.0. The molecule has 39 heavy (non-hydrogen) atoms.